The summed E-state index contributed by atoms with van der Waals surface area (Å²) in [5, 5.41) is 3.81. The Hall–Kier alpha value is 1.26. The summed E-state index contributed by atoms with van der Waals surface area (Å²) in [7, 11) is -3.49. The molecule has 4 rings (SSSR count). The zero-order chi connectivity index (χ0) is 28.6. The minimum atomic E-state index is -1.74. The first kappa shape index (κ1) is 57.6. The van der Waals surface area contributed by atoms with Gasteiger partial charge in [-0.25, -0.2) is 0 Å². The molecule has 0 bridgehead atoms. The molecule has 0 saturated heterocycles. The van der Waals surface area contributed by atoms with Gasteiger partial charge in [0.15, 0.2) is 0 Å². The fourth-order valence-electron chi connectivity index (χ4n) is 9.94. The van der Waals surface area contributed by atoms with Crippen LogP contribution in [0.5, 0.6) is 0 Å². The molecule has 47 heavy (non-hydrogen) atoms. The second kappa shape index (κ2) is 23.0. The van der Waals surface area contributed by atoms with Gasteiger partial charge in [-0.15, -0.1) is 11.1 Å². The molecular formula is C41H82N2Si2Ti2. The first-order valence-electron chi connectivity index (χ1n) is 17.0. The summed E-state index contributed by atoms with van der Waals surface area (Å²) in [6.45, 7) is 24.1. The average molecular weight is 755 g/mol. The molecule has 0 aromatic rings. The van der Waals surface area contributed by atoms with Crippen molar-refractivity contribution in [3.63, 3.8) is 0 Å². The van der Waals surface area contributed by atoms with Crippen molar-refractivity contribution in [1.82, 2.24) is 0 Å². The van der Waals surface area contributed by atoms with Gasteiger partial charge in [0.1, 0.15) is 0 Å². The van der Waals surface area contributed by atoms with E-state index < -0.39 is 16.5 Å². The minimum absolute atomic E-state index is 0. The van der Waals surface area contributed by atoms with Crippen LogP contribution in [-0.4, -0.2) is 27.5 Å². The summed E-state index contributed by atoms with van der Waals surface area (Å²) in [5.74, 6) is 3.63. The molecule has 0 amide bonds. The van der Waals surface area contributed by atoms with Crippen LogP contribution >= 0.6 is 0 Å². The Labute approximate surface area is 332 Å². The molecule has 0 aliphatic heterocycles. The van der Waals surface area contributed by atoms with E-state index in [9.17, 15) is 0 Å². The number of rotatable bonds is 10. The summed E-state index contributed by atoms with van der Waals surface area (Å²) in [5.41, 5.74) is 3.92. The third-order valence-electron chi connectivity index (χ3n) is 10.3. The summed E-state index contributed by atoms with van der Waals surface area (Å²) in [6.07, 6.45) is 21.3. The smallest absolute Gasteiger partial charge is 0.656 e. The summed E-state index contributed by atoms with van der Waals surface area (Å²) in [6, 6.07) is 0. The van der Waals surface area contributed by atoms with Gasteiger partial charge in [-0.1, -0.05) is 121 Å². The number of hydrogen-bond donors (Lipinski definition) is 0. The van der Waals surface area contributed by atoms with E-state index in [1.807, 2.05) is 21.5 Å². The molecule has 2 saturated carbocycles. The monoisotopic (exact) mass is 754 g/mol. The zero-order valence-corrected chi connectivity index (χ0v) is 39.9. The van der Waals surface area contributed by atoms with Crippen LogP contribution < -0.4 is 0 Å². The van der Waals surface area contributed by atoms with E-state index in [0.29, 0.717) is 0 Å². The van der Waals surface area contributed by atoms with Crippen molar-refractivity contribution in [1.29, 1.82) is 0 Å². The molecule has 4 aliphatic rings. The van der Waals surface area contributed by atoms with E-state index in [4.69, 9.17) is 9.96 Å². The second-order valence-corrected chi connectivity index (χ2v) is 24.7. The van der Waals surface area contributed by atoms with Crippen molar-refractivity contribution in [3.8, 4) is 0 Å². The fourth-order valence-corrected chi connectivity index (χ4v) is 18.3. The van der Waals surface area contributed by atoms with Gasteiger partial charge in [0, 0.05) is 0 Å². The molecule has 0 N–H and O–H groups in total. The van der Waals surface area contributed by atoms with E-state index >= 15 is 0 Å². The van der Waals surface area contributed by atoms with Crippen molar-refractivity contribution in [2.75, 3.05) is 0 Å². The Morgan fingerprint density at radius 2 is 0.809 bits per heavy atom. The van der Waals surface area contributed by atoms with Crippen LogP contribution in [0.1, 0.15) is 138 Å². The molecule has 0 aromatic carbocycles. The molecule has 4 atom stereocenters. The van der Waals surface area contributed by atoms with Crippen LogP contribution in [0, 0.1) is 68.2 Å². The van der Waals surface area contributed by atoms with E-state index in [-0.39, 0.29) is 99.1 Å². The maximum atomic E-state index is 5.52. The fraction of sp³-hybridized carbons (Fsp3) is 0.756. The molecule has 2 fully saturated rings. The molecule has 4 aliphatic carbocycles. The molecular weight excluding hydrogens is 672 g/mol. The third kappa shape index (κ3) is 15.4. The number of allylic oxidation sites excluding steroid dienone is 4. The number of fused-ring (bicyclic) bond motifs is 2. The SMILES string of the molecule is CC(C)(C)[N-][Si](C)(C)C1=C(CCCCCC2=C([Si](C)(C)[N-]C(C)(C)C)C3CCCCC3C2)CC2CCCCC12.[CH3-].[CH3-].[CH3-].[CH3-].[CH3-].[CH3-].[Ti+4].[Ti+4]. The first-order valence-corrected chi connectivity index (χ1v) is 22.9. The van der Waals surface area contributed by atoms with Gasteiger partial charge in [-0.05, 0) is 104 Å². The van der Waals surface area contributed by atoms with Crippen molar-refractivity contribution < 1.29 is 43.4 Å². The molecule has 4 unspecified atom stereocenters. The van der Waals surface area contributed by atoms with E-state index in [2.05, 4.69) is 67.7 Å². The van der Waals surface area contributed by atoms with Gasteiger partial charge in [0.25, 0.3) is 0 Å². The Morgan fingerprint density at radius 3 is 1.11 bits per heavy atom. The Morgan fingerprint density at radius 1 is 0.511 bits per heavy atom. The van der Waals surface area contributed by atoms with Crippen LogP contribution in [0.15, 0.2) is 21.5 Å². The van der Waals surface area contributed by atoms with Crippen molar-refractivity contribution in [2.45, 2.75) is 175 Å². The molecule has 0 spiro atoms. The molecule has 6 heteroatoms. The average Bonchev–Trinajstić information content (AvgIpc) is 3.34. The van der Waals surface area contributed by atoms with Crippen LogP contribution in [-0.2, 0) is 43.4 Å². The Kier molecular flexibility index (Phi) is 28.2. The zero-order valence-electron chi connectivity index (χ0n) is 34.8. The van der Waals surface area contributed by atoms with Gasteiger partial charge in [0.05, 0.1) is 0 Å². The Balaban J connectivity index is -0.000000735. The summed E-state index contributed by atoms with van der Waals surface area (Å²) in [4.78, 5) is 11.0. The van der Waals surface area contributed by atoms with E-state index in [0.717, 1.165) is 23.7 Å². The summed E-state index contributed by atoms with van der Waals surface area (Å²) >= 11 is 0. The predicted octanol–water partition coefficient (Wildman–Crippen LogP) is 14.5. The number of hydrogen-bond acceptors (Lipinski definition) is 0. The van der Waals surface area contributed by atoms with Crippen LogP contribution in [0.4, 0.5) is 0 Å². The van der Waals surface area contributed by atoms with E-state index in [1.165, 1.54) is 96.3 Å². The molecule has 0 aromatic heterocycles. The van der Waals surface area contributed by atoms with Gasteiger partial charge < -0.3 is 54.5 Å². The molecule has 0 radical (unpaired) electrons. The maximum absolute atomic E-state index is 5.52. The second-order valence-electron chi connectivity index (χ2n) is 17.0. The van der Waals surface area contributed by atoms with Gasteiger partial charge >= 0.3 is 43.4 Å². The number of unbranched alkanes of at least 4 members (excludes halogenated alkanes) is 2. The van der Waals surface area contributed by atoms with Gasteiger partial charge in [0.2, 0.25) is 0 Å². The molecule has 0 heterocycles. The largest absolute Gasteiger partial charge is 4.00 e. The normalized spacial score (nSPS) is 23.9. The van der Waals surface area contributed by atoms with Crippen molar-refractivity contribution in [2.24, 2.45) is 23.7 Å². The minimum Gasteiger partial charge on any atom is -0.656 e. The van der Waals surface area contributed by atoms with Gasteiger partial charge in [-0.2, -0.15) is 0 Å². The van der Waals surface area contributed by atoms with Gasteiger partial charge in [-0.3, -0.25) is 0 Å². The first-order chi connectivity index (χ1) is 18.1. The Bertz CT molecular complexity index is 853. The topological polar surface area (TPSA) is 28.2 Å². The van der Waals surface area contributed by atoms with Crippen molar-refractivity contribution in [3.05, 3.63) is 76.1 Å². The van der Waals surface area contributed by atoms with Crippen LogP contribution in [0.2, 0.25) is 26.2 Å². The summed E-state index contributed by atoms with van der Waals surface area (Å²) < 4.78 is 0. The maximum Gasteiger partial charge on any atom is 4.00 e. The standard InChI is InChI=1S/C35H64N2Si2.6CH3.2Ti/c1-34(2,3)36-38(7,8)32-28(24-26-18-14-16-22-30(26)32)20-12-11-13-21-29-25-27-19-15-17-23-31(27)33(29)39(9,10)37-35(4,5)6;;;;;;;;/h26-27,30-31H,11-25H2,1-10H3;6*1H3;;/q-2;6*-1;2*+4. The third-order valence-corrected chi connectivity index (χ3v) is 16.9. The van der Waals surface area contributed by atoms with Crippen LogP contribution in [0.25, 0.3) is 9.96 Å². The molecule has 2 nitrogen and oxygen atoms in total. The van der Waals surface area contributed by atoms with E-state index in [1.54, 1.807) is 0 Å². The molecule has 272 valence electrons. The quantitative estimate of drug-likeness (QED) is 0.121. The van der Waals surface area contributed by atoms with Crippen LogP contribution in [0.3, 0.4) is 0 Å². The number of nitrogens with zero attached hydrogens (tertiary/aromatic N) is 2. The van der Waals surface area contributed by atoms with Crippen molar-refractivity contribution >= 4 is 16.5 Å². The predicted molar refractivity (Wildman–Crippen MR) is 217 cm³/mol.